The zero-order valence-electron chi connectivity index (χ0n) is 17.0. The molecular formula is C24H17Br2N5O2. The SMILES string of the molecule is O=C(NNc1c(O)[nH]c2c(Br)cc(Br)cc12)C1=CC(c2ccccc2)(c2ccccc2)N=N1. The van der Waals surface area contributed by atoms with Crippen molar-refractivity contribution in [2.75, 3.05) is 5.43 Å². The van der Waals surface area contributed by atoms with Crippen molar-refractivity contribution in [2.45, 2.75) is 5.54 Å². The number of azo groups is 1. The highest BCUT2D eigenvalue weighted by Crippen LogP contribution is 2.41. The summed E-state index contributed by atoms with van der Waals surface area (Å²) in [6.45, 7) is 0. The van der Waals surface area contributed by atoms with Crippen LogP contribution in [0.4, 0.5) is 5.69 Å². The number of H-pyrrole nitrogens is 1. The summed E-state index contributed by atoms with van der Waals surface area (Å²) in [6, 6.07) is 23.1. The molecule has 0 saturated carbocycles. The molecule has 164 valence electrons. The van der Waals surface area contributed by atoms with Gasteiger partial charge in [0, 0.05) is 14.3 Å². The smallest absolute Gasteiger partial charge is 0.289 e. The van der Waals surface area contributed by atoms with E-state index in [0.29, 0.717) is 16.6 Å². The van der Waals surface area contributed by atoms with Crippen LogP contribution in [0.3, 0.4) is 0 Å². The van der Waals surface area contributed by atoms with Crippen molar-refractivity contribution in [3.8, 4) is 5.88 Å². The molecule has 1 aromatic heterocycles. The molecule has 0 fully saturated rings. The predicted molar refractivity (Wildman–Crippen MR) is 134 cm³/mol. The molecule has 0 saturated heterocycles. The van der Waals surface area contributed by atoms with E-state index >= 15 is 0 Å². The molecule has 4 N–H and O–H groups in total. The van der Waals surface area contributed by atoms with Gasteiger partial charge < -0.3 is 10.1 Å². The summed E-state index contributed by atoms with van der Waals surface area (Å²) in [5.41, 5.74) is 7.54. The number of anilines is 1. The van der Waals surface area contributed by atoms with Gasteiger partial charge in [-0.3, -0.25) is 15.6 Å². The maximum absolute atomic E-state index is 13.0. The van der Waals surface area contributed by atoms with Crippen molar-refractivity contribution in [3.05, 3.63) is 105 Å². The molecule has 1 amide bonds. The van der Waals surface area contributed by atoms with Gasteiger partial charge in [0.1, 0.15) is 5.69 Å². The fourth-order valence-corrected chi connectivity index (χ4v) is 5.17. The lowest BCUT2D eigenvalue weighted by Crippen LogP contribution is -2.30. The Balaban J connectivity index is 1.45. The van der Waals surface area contributed by atoms with E-state index in [9.17, 15) is 9.90 Å². The molecule has 1 aliphatic rings. The Kier molecular flexibility index (Phi) is 5.51. The first-order valence-electron chi connectivity index (χ1n) is 10.0. The highest BCUT2D eigenvalue weighted by Gasteiger charge is 2.37. The number of rotatable bonds is 5. The molecule has 1 aliphatic heterocycles. The summed E-state index contributed by atoms with van der Waals surface area (Å²) in [6.07, 6.45) is 1.75. The average Bonchev–Trinajstić information content (AvgIpc) is 3.42. The van der Waals surface area contributed by atoms with E-state index in [1.165, 1.54) is 0 Å². The lowest BCUT2D eigenvalue weighted by Gasteiger charge is -2.23. The fourth-order valence-electron chi connectivity index (χ4n) is 3.85. The van der Waals surface area contributed by atoms with Gasteiger partial charge in [-0.15, -0.1) is 5.11 Å². The van der Waals surface area contributed by atoms with Crippen LogP contribution in [0.25, 0.3) is 10.9 Å². The molecule has 0 atom stereocenters. The maximum Gasteiger partial charge on any atom is 0.289 e. The van der Waals surface area contributed by atoms with Gasteiger partial charge in [0.05, 0.1) is 5.52 Å². The minimum absolute atomic E-state index is 0.103. The van der Waals surface area contributed by atoms with Crippen LogP contribution in [-0.2, 0) is 10.3 Å². The van der Waals surface area contributed by atoms with Gasteiger partial charge in [-0.05, 0) is 45.3 Å². The molecule has 0 unspecified atom stereocenters. The summed E-state index contributed by atoms with van der Waals surface area (Å²) in [4.78, 5) is 15.9. The van der Waals surface area contributed by atoms with Crippen LogP contribution in [0.5, 0.6) is 5.88 Å². The molecule has 4 aromatic rings. The largest absolute Gasteiger partial charge is 0.493 e. The van der Waals surface area contributed by atoms with Crippen molar-refractivity contribution in [1.82, 2.24) is 10.4 Å². The molecule has 0 radical (unpaired) electrons. The van der Waals surface area contributed by atoms with Gasteiger partial charge in [0.25, 0.3) is 5.91 Å². The standard InChI is InChI=1S/C24H17Br2N5O2/c25-16-11-17-20(18(26)12-16)27-23(33)21(17)29-30-22(32)19-13-24(31-28-19,14-7-3-1-4-8-14)15-9-5-2-6-10-15/h1-13,27,29,33H,(H,30,32). The van der Waals surface area contributed by atoms with E-state index in [2.05, 4.69) is 57.9 Å². The van der Waals surface area contributed by atoms with Gasteiger partial charge in [-0.25, -0.2) is 0 Å². The van der Waals surface area contributed by atoms with Crippen LogP contribution >= 0.6 is 31.9 Å². The molecule has 7 nitrogen and oxygen atoms in total. The summed E-state index contributed by atoms with van der Waals surface area (Å²) in [7, 11) is 0. The number of benzene rings is 3. The van der Waals surface area contributed by atoms with Crippen LogP contribution in [0.15, 0.2) is 104 Å². The second kappa shape index (κ2) is 8.49. The number of hydrogen-bond donors (Lipinski definition) is 4. The quantitative estimate of drug-likeness (QED) is 0.218. The number of aromatic amines is 1. The van der Waals surface area contributed by atoms with Gasteiger partial charge >= 0.3 is 0 Å². The van der Waals surface area contributed by atoms with E-state index in [1.807, 2.05) is 72.8 Å². The molecule has 0 spiro atoms. The summed E-state index contributed by atoms with van der Waals surface area (Å²) in [5.74, 6) is -0.579. The topological polar surface area (TPSA) is 102 Å². The van der Waals surface area contributed by atoms with Crippen LogP contribution in [0.1, 0.15) is 11.1 Å². The normalized spacial score (nSPS) is 14.3. The van der Waals surface area contributed by atoms with E-state index < -0.39 is 11.4 Å². The number of fused-ring (bicyclic) bond motifs is 1. The third-order valence-corrected chi connectivity index (χ3v) is 6.51. The van der Waals surface area contributed by atoms with E-state index in [0.717, 1.165) is 20.1 Å². The first-order chi connectivity index (χ1) is 16.0. The van der Waals surface area contributed by atoms with E-state index in [4.69, 9.17) is 0 Å². The third kappa shape index (κ3) is 3.83. The van der Waals surface area contributed by atoms with Crippen molar-refractivity contribution in [3.63, 3.8) is 0 Å². The Bertz CT molecular complexity index is 1380. The molecule has 33 heavy (non-hydrogen) atoms. The zero-order chi connectivity index (χ0) is 23.0. The van der Waals surface area contributed by atoms with Crippen molar-refractivity contribution >= 4 is 54.4 Å². The van der Waals surface area contributed by atoms with Crippen LogP contribution in [-0.4, -0.2) is 16.0 Å². The number of aromatic hydroxyl groups is 1. The Labute approximate surface area is 205 Å². The Morgan fingerprint density at radius 3 is 2.24 bits per heavy atom. The number of hydrogen-bond acceptors (Lipinski definition) is 5. The number of halogens is 2. The van der Waals surface area contributed by atoms with E-state index in [1.54, 1.807) is 6.08 Å². The Hall–Kier alpha value is -3.43. The second-order valence-electron chi connectivity index (χ2n) is 7.47. The van der Waals surface area contributed by atoms with Crippen molar-refractivity contribution < 1.29 is 9.90 Å². The highest BCUT2D eigenvalue weighted by atomic mass is 79.9. The minimum atomic E-state index is -0.895. The van der Waals surface area contributed by atoms with Gasteiger partial charge in [0.15, 0.2) is 11.2 Å². The number of carbonyl (C=O) groups excluding carboxylic acids is 1. The van der Waals surface area contributed by atoms with Crippen molar-refractivity contribution in [2.24, 2.45) is 10.2 Å². The van der Waals surface area contributed by atoms with Crippen molar-refractivity contribution in [1.29, 1.82) is 0 Å². The summed E-state index contributed by atoms with van der Waals surface area (Å²) >= 11 is 6.90. The highest BCUT2D eigenvalue weighted by molar-refractivity contribution is 9.11. The van der Waals surface area contributed by atoms with Gasteiger partial charge in [-0.2, -0.15) is 5.11 Å². The molecule has 5 rings (SSSR count). The predicted octanol–water partition coefficient (Wildman–Crippen LogP) is 6.14. The molecular weight excluding hydrogens is 550 g/mol. The maximum atomic E-state index is 13.0. The number of hydrazine groups is 1. The van der Waals surface area contributed by atoms with Crippen LogP contribution in [0.2, 0.25) is 0 Å². The lowest BCUT2D eigenvalue weighted by molar-refractivity contribution is -0.117. The molecule has 3 aromatic carbocycles. The fraction of sp³-hybridized carbons (Fsp3) is 0.0417. The first kappa shape index (κ1) is 21.4. The monoisotopic (exact) mass is 565 g/mol. The number of amides is 1. The molecule has 2 heterocycles. The third-order valence-electron chi connectivity index (χ3n) is 5.43. The molecule has 0 bridgehead atoms. The number of aromatic nitrogens is 1. The second-order valence-corrected chi connectivity index (χ2v) is 9.24. The van der Waals surface area contributed by atoms with Gasteiger partial charge in [0.2, 0.25) is 5.88 Å². The number of nitrogens with one attached hydrogen (secondary N) is 3. The Morgan fingerprint density at radius 1 is 0.970 bits per heavy atom. The number of carbonyl (C=O) groups is 1. The average molecular weight is 567 g/mol. The van der Waals surface area contributed by atoms with Gasteiger partial charge in [-0.1, -0.05) is 76.6 Å². The first-order valence-corrected chi connectivity index (χ1v) is 11.6. The van der Waals surface area contributed by atoms with Crippen LogP contribution < -0.4 is 10.9 Å². The molecule has 0 aliphatic carbocycles. The van der Waals surface area contributed by atoms with E-state index in [-0.39, 0.29) is 11.6 Å². The lowest BCUT2D eigenvalue weighted by atomic mass is 9.83. The summed E-state index contributed by atoms with van der Waals surface area (Å²) in [5, 5.41) is 19.8. The molecule has 9 heteroatoms. The summed E-state index contributed by atoms with van der Waals surface area (Å²) < 4.78 is 1.59. The van der Waals surface area contributed by atoms with Crippen LogP contribution in [0, 0.1) is 0 Å². The minimum Gasteiger partial charge on any atom is -0.493 e. The zero-order valence-corrected chi connectivity index (χ0v) is 20.2. The Morgan fingerprint density at radius 2 is 1.61 bits per heavy atom. The number of nitrogens with zero attached hydrogens (tertiary/aromatic N) is 2.